The first-order valence-electron chi connectivity index (χ1n) is 6.75. The second-order valence-corrected chi connectivity index (χ2v) is 5.28. The summed E-state index contributed by atoms with van der Waals surface area (Å²) in [6.07, 6.45) is 6.02. The van der Waals surface area contributed by atoms with Gasteiger partial charge in [-0.15, -0.1) is 0 Å². The van der Waals surface area contributed by atoms with Crippen molar-refractivity contribution in [3.05, 3.63) is 0 Å². The molecule has 1 fully saturated rings. The van der Waals surface area contributed by atoms with Crippen molar-refractivity contribution in [3.63, 3.8) is 0 Å². The molecular weight excluding hydrogens is 214 g/mol. The van der Waals surface area contributed by atoms with E-state index in [4.69, 9.17) is 0 Å². The number of nitrogens with zero attached hydrogens (tertiary/aromatic N) is 1. The van der Waals surface area contributed by atoms with Crippen molar-refractivity contribution < 1.29 is 4.79 Å². The van der Waals surface area contributed by atoms with E-state index < -0.39 is 0 Å². The molecular formula is C13H27N3O. The third kappa shape index (κ3) is 4.28. The van der Waals surface area contributed by atoms with Gasteiger partial charge in [0.05, 0.1) is 6.54 Å². The average Bonchev–Trinajstić information content (AvgIpc) is 2.77. The van der Waals surface area contributed by atoms with E-state index in [1.54, 1.807) is 0 Å². The van der Waals surface area contributed by atoms with Crippen molar-refractivity contribution >= 4 is 5.91 Å². The van der Waals surface area contributed by atoms with Gasteiger partial charge in [-0.25, -0.2) is 0 Å². The standard InChI is InChI=1S/C13H27N3O/c1-4-9-14-10-12(17)15-11-13(16(2)3)7-5-6-8-13/h14H,4-11H2,1-3H3,(H,15,17). The summed E-state index contributed by atoms with van der Waals surface area (Å²) in [4.78, 5) is 13.9. The molecule has 0 spiro atoms. The molecule has 1 saturated carbocycles. The molecule has 1 amide bonds. The summed E-state index contributed by atoms with van der Waals surface area (Å²) in [5, 5.41) is 6.19. The lowest BCUT2D eigenvalue weighted by Crippen LogP contribution is -2.51. The maximum Gasteiger partial charge on any atom is 0.234 e. The number of nitrogens with one attached hydrogen (secondary N) is 2. The molecule has 0 aromatic heterocycles. The van der Waals surface area contributed by atoms with Crippen molar-refractivity contribution in [2.45, 2.75) is 44.6 Å². The molecule has 0 aliphatic heterocycles. The van der Waals surface area contributed by atoms with Gasteiger partial charge in [0.15, 0.2) is 0 Å². The lowest BCUT2D eigenvalue weighted by Gasteiger charge is -2.36. The Morgan fingerprint density at radius 3 is 2.47 bits per heavy atom. The number of likely N-dealkylation sites (N-methyl/N-ethyl adjacent to an activating group) is 1. The first-order chi connectivity index (χ1) is 8.10. The second-order valence-electron chi connectivity index (χ2n) is 5.28. The van der Waals surface area contributed by atoms with Crippen LogP contribution in [0.4, 0.5) is 0 Å². The van der Waals surface area contributed by atoms with Crippen molar-refractivity contribution in [1.29, 1.82) is 0 Å². The quantitative estimate of drug-likeness (QED) is 0.653. The maximum absolute atomic E-state index is 11.6. The molecule has 0 saturated heterocycles. The highest BCUT2D eigenvalue weighted by molar-refractivity contribution is 5.78. The summed E-state index contributed by atoms with van der Waals surface area (Å²) < 4.78 is 0. The van der Waals surface area contributed by atoms with Gasteiger partial charge >= 0.3 is 0 Å². The number of carbonyl (C=O) groups excluding carboxylic acids is 1. The third-order valence-corrected chi connectivity index (χ3v) is 3.81. The van der Waals surface area contributed by atoms with Crippen molar-refractivity contribution in [1.82, 2.24) is 15.5 Å². The van der Waals surface area contributed by atoms with Gasteiger partial charge in [0, 0.05) is 12.1 Å². The fraction of sp³-hybridized carbons (Fsp3) is 0.923. The number of rotatable bonds is 7. The van der Waals surface area contributed by atoms with Gasteiger partial charge in [0.25, 0.3) is 0 Å². The summed E-state index contributed by atoms with van der Waals surface area (Å²) in [7, 11) is 4.24. The molecule has 0 heterocycles. The topological polar surface area (TPSA) is 44.4 Å². The number of amides is 1. The summed E-state index contributed by atoms with van der Waals surface area (Å²) in [5.41, 5.74) is 0.195. The van der Waals surface area contributed by atoms with E-state index in [1.165, 1.54) is 25.7 Å². The van der Waals surface area contributed by atoms with E-state index in [9.17, 15) is 4.79 Å². The molecule has 4 nitrogen and oxygen atoms in total. The molecule has 0 atom stereocenters. The minimum absolute atomic E-state index is 0.117. The summed E-state index contributed by atoms with van der Waals surface area (Å²) in [6.45, 7) is 4.24. The maximum atomic E-state index is 11.6. The number of carbonyl (C=O) groups is 1. The van der Waals surface area contributed by atoms with E-state index in [0.29, 0.717) is 6.54 Å². The molecule has 0 bridgehead atoms. The van der Waals surface area contributed by atoms with Crippen LogP contribution < -0.4 is 10.6 Å². The van der Waals surface area contributed by atoms with Crippen LogP contribution in [0.3, 0.4) is 0 Å². The molecule has 17 heavy (non-hydrogen) atoms. The predicted molar refractivity (Wildman–Crippen MR) is 71.1 cm³/mol. The zero-order valence-electron chi connectivity index (χ0n) is 11.5. The molecule has 1 rings (SSSR count). The van der Waals surface area contributed by atoms with Crippen molar-refractivity contribution in [3.8, 4) is 0 Å². The van der Waals surface area contributed by atoms with Crippen LogP contribution in [0.5, 0.6) is 0 Å². The fourth-order valence-electron chi connectivity index (χ4n) is 2.52. The largest absolute Gasteiger partial charge is 0.353 e. The highest BCUT2D eigenvalue weighted by Crippen LogP contribution is 2.32. The monoisotopic (exact) mass is 241 g/mol. The summed E-state index contributed by atoms with van der Waals surface area (Å²) >= 11 is 0. The Bertz CT molecular complexity index is 235. The van der Waals surface area contributed by atoms with Gasteiger partial charge in [-0.3, -0.25) is 4.79 Å². The van der Waals surface area contributed by atoms with Gasteiger partial charge < -0.3 is 15.5 Å². The first-order valence-corrected chi connectivity index (χ1v) is 6.75. The van der Waals surface area contributed by atoms with E-state index in [-0.39, 0.29) is 11.4 Å². The Morgan fingerprint density at radius 2 is 1.94 bits per heavy atom. The SMILES string of the molecule is CCCNCC(=O)NCC1(N(C)C)CCCC1. The molecule has 0 unspecified atom stereocenters. The smallest absolute Gasteiger partial charge is 0.234 e. The van der Waals surface area contributed by atoms with Crippen LogP contribution in [0, 0.1) is 0 Å². The molecule has 0 radical (unpaired) electrons. The molecule has 1 aliphatic carbocycles. The zero-order valence-corrected chi connectivity index (χ0v) is 11.5. The lowest BCUT2D eigenvalue weighted by atomic mass is 9.96. The zero-order chi connectivity index (χ0) is 12.7. The van der Waals surface area contributed by atoms with E-state index in [1.807, 2.05) is 0 Å². The van der Waals surface area contributed by atoms with Crippen LogP contribution in [0.15, 0.2) is 0 Å². The Kier molecular flexibility index (Phi) is 5.92. The Hall–Kier alpha value is -0.610. The van der Waals surface area contributed by atoms with E-state index >= 15 is 0 Å². The molecule has 100 valence electrons. The lowest BCUT2D eigenvalue weighted by molar-refractivity contribution is -0.120. The molecule has 4 heteroatoms. The van der Waals surface area contributed by atoms with Gasteiger partial charge in [-0.2, -0.15) is 0 Å². The highest BCUT2D eigenvalue weighted by Gasteiger charge is 2.35. The Morgan fingerprint density at radius 1 is 1.29 bits per heavy atom. The van der Waals surface area contributed by atoms with Crippen molar-refractivity contribution in [2.75, 3.05) is 33.7 Å². The normalized spacial score (nSPS) is 18.6. The van der Waals surface area contributed by atoms with Gasteiger partial charge in [0.2, 0.25) is 5.91 Å². The van der Waals surface area contributed by atoms with Crippen LogP contribution in [0.25, 0.3) is 0 Å². The first kappa shape index (κ1) is 14.5. The summed E-state index contributed by atoms with van der Waals surface area (Å²) in [6, 6.07) is 0. The van der Waals surface area contributed by atoms with Crippen LogP contribution >= 0.6 is 0 Å². The molecule has 0 aromatic carbocycles. The van der Waals surface area contributed by atoms with E-state index in [0.717, 1.165) is 19.5 Å². The number of hydrogen-bond donors (Lipinski definition) is 2. The minimum atomic E-state index is 0.117. The summed E-state index contributed by atoms with van der Waals surface area (Å²) in [5.74, 6) is 0.117. The average molecular weight is 241 g/mol. The van der Waals surface area contributed by atoms with E-state index in [2.05, 4.69) is 36.6 Å². The van der Waals surface area contributed by atoms with Crippen molar-refractivity contribution in [2.24, 2.45) is 0 Å². The fourth-order valence-corrected chi connectivity index (χ4v) is 2.52. The van der Waals surface area contributed by atoms with Gasteiger partial charge in [0.1, 0.15) is 0 Å². The van der Waals surface area contributed by atoms with Gasteiger partial charge in [-0.05, 0) is 39.9 Å². The predicted octanol–water partition coefficient (Wildman–Crippen LogP) is 0.977. The van der Waals surface area contributed by atoms with Gasteiger partial charge in [-0.1, -0.05) is 19.8 Å². The minimum Gasteiger partial charge on any atom is -0.353 e. The van der Waals surface area contributed by atoms with Crippen LogP contribution in [-0.4, -0.2) is 50.1 Å². The molecule has 2 N–H and O–H groups in total. The Balaban J connectivity index is 2.30. The number of hydrogen-bond acceptors (Lipinski definition) is 3. The third-order valence-electron chi connectivity index (χ3n) is 3.81. The Labute approximate surface area is 105 Å². The van der Waals surface area contributed by atoms with Crippen LogP contribution in [0.2, 0.25) is 0 Å². The highest BCUT2D eigenvalue weighted by atomic mass is 16.1. The van der Waals surface area contributed by atoms with Crippen LogP contribution in [0.1, 0.15) is 39.0 Å². The molecule has 1 aliphatic rings. The molecule has 0 aromatic rings. The van der Waals surface area contributed by atoms with Crippen LogP contribution in [-0.2, 0) is 4.79 Å². The second kappa shape index (κ2) is 6.97.